The predicted octanol–water partition coefficient (Wildman–Crippen LogP) is 15.8. The molecule has 0 aliphatic carbocycles. The SMILES string of the molecule is CCNC(=O)c1coc2cc(Oc3ccnc4cc(OC)c(C(N)=O)cc34)c(F)cc12.COc1cc2nccc(Oc3ccc4c(C(=O)N5CC(F)(F)C5)coc4c3)c2cc1C(N)=O.COc1cc2nccc(Oc3ccc4c(C(=O)N5CCCC5)coc4c3)c2cc1C(N)=O.[2H]C([2H])([2H])NC(=O)c1coc2cc(Oc3ccnc4cc(OC)c(C(N)=O)cc34)c(Cl)cc12. The zero-order valence-corrected chi connectivity index (χ0v) is 67.7. The minimum Gasteiger partial charge on any atom is -0.496 e. The van der Waals surface area contributed by atoms with E-state index < -0.39 is 67.2 Å². The average molecular weight is 1740 g/mol. The molecule has 10 heterocycles. The van der Waals surface area contributed by atoms with Gasteiger partial charge in [-0.2, -0.15) is 0 Å². The maximum Gasteiger partial charge on any atom is 0.282 e. The Morgan fingerprint density at radius 3 is 1.16 bits per heavy atom. The van der Waals surface area contributed by atoms with Crippen molar-refractivity contribution in [2.45, 2.75) is 25.7 Å². The van der Waals surface area contributed by atoms with Crippen molar-refractivity contribution in [2.24, 2.45) is 22.9 Å². The summed E-state index contributed by atoms with van der Waals surface area (Å²) in [6, 6.07) is 34.6. The van der Waals surface area contributed by atoms with E-state index in [9.17, 15) is 51.5 Å². The van der Waals surface area contributed by atoms with E-state index in [1.165, 1.54) is 102 Å². The topological polar surface area (TPSA) is 449 Å². The molecule has 2 fully saturated rings. The highest BCUT2D eigenvalue weighted by atomic mass is 35.5. The molecular formula is C90H72ClF3N12O20. The molecular weight excluding hydrogens is 1660 g/mol. The summed E-state index contributed by atoms with van der Waals surface area (Å²) in [6.45, 7) is -0.0880. The van der Waals surface area contributed by atoms with E-state index in [4.69, 9.17) is 94.2 Å². The second-order valence-electron chi connectivity index (χ2n) is 28.2. The Morgan fingerprint density at radius 2 is 0.778 bits per heavy atom. The molecule has 2 aliphatic heterocycles. The quantitative estimate of drug-likeness (QED) is 0.0389. The number of benzene rings is 8. The van der Waals surface area contributed by atoms with Crippen LogP contribution in [0.2, 0.25) is 5.02 Å². The van der Waals surface area contributed by atoms with E-state index in [0.29, 0.717) is 123 Å². The molecule has 0 saturated carbocycles. The number of ether oxygens (including phenoxy) is 8. The van der Waals surface area contributed by atoms with Crippen molar-refractivity contribution in [3.05, 3.63) is 239 Å². The van der Waals surface area contributed by atoms with Gasteiger partial charge in [-0.25, -0.2) is 13.2 Å². The first-order valence-electron chi connectivity index (χ1n) is 39.6. The maximum absolute atomic E-state index is 14.8. The fourth-order valence-corrected chi connectivity index (χ4v) is 14.4. The summed E-state index contributed by atoms with van der Waals surface area (Å²) in [5.74, 6) is -4.17. The van der Waals surface area contributed by atoms with Crippen LogP contribution in [0.1, 0.15) is 107 Å². The first-order valence-corrected chi connectivity index (χ1v) is 38.5. The van der Waals surface area contributed by atoms with Gasteiger partial charge in [0, 0.05) is 147 Å². The van der Waals surface area contributed by atoms with Crippen molar-refractivity contribution in [1.29, 1.82) is 0 Å². The molecule has 2 aliphatic rings. The van der Waals surface area contributed by atoms with Gasteiger partial charge in [-0.1, -0.05) is 11.6 Å². The van der Waals surface area contributed by atoms with Gasteiger partial charge in [-0.15, -0.1) is 0 Å². The highest BCUT2D eigenvalue weighted by Crippen LogP contribution is 2.43. The van der Waals surface area contributed by atoms with Crippen molar-refractivity contribution in [3.63, 3.8) is 0 Å². The molecule has 10 N–H and O–H groups in total. The smallest absolute Gasteiger partial charge is 0.282 e. The minimum absolute atomic E-state index is 0.0111. The molecule has 0 bridgehead atoms. The number of primary amides is 4. The Labute approximate surface area is 719 Å². The number of nitrogens with one attached hydrogen (secondary N) is 2. The summed E-state index contributed by atoms with van der Waals surface area (Å²) in [5.41, 5.74) is 27.1. The fourth-order valence-electron chi connectivity index (χ4n) is 14.2. The van der Waals surface area contributed by atoms with Crippen LogP contribution >= 0.6 is 11.6 Å². The second-order valence-corrected chi connectivity index (χ2v) is 28.6. The number of rotatable bonds is 21. The number of pyridine rings is 4. The van der Waals surface area contributed by atoms with Crippen LogP contribution in [0, 0.1) is 5.82 Å². The molecule has 0 atom stereocenters. The van der Waals surface area contributed by atoms with Crippen LogP contribution in [0.3, 0.4) is 0 Å². The molecule has 36 heteroatoms. The molecule has 126 heavy (non-hydrogen) atoms. The molecule has 8 aromatic heterocycles. The molecule has 0 radical (unpaired) electrons. The molecule has 18 rings (SSSR count). The Balaban J connectivity index is 0.000000132. The van der Waals surface area contributed by atoms with E-state index in [0.717, 1.165) is 42.5 Å². The lowest BCUT2D eigenvalue weighted by Gasteiger charge is -2.38. The van der Waals surface area contributed by atoms with Gasteiger partial charge in [0.15, 0.2) is 11.6 Å². The van der Waals surface area contributed by atoms with Gasteiger partial charge in [-0.3, -0.25) is 58.3 Å². The van der Waals surface area contributed by atoms with E-state index in [-0.39, 0.29) is 95.7 Å². The van der Waals surface area contributed by atoms with Crippen molar-refractivity contribution in [3.8, 4) is 69.0 Å². The molecule has 8 amide bonds. The number of carbonyl (C=O) groups excluding carboxylic acids is 8. The summed E-state index contributed by atoms with van der Waals surface area (Å²) in [5, 5.41) is 8.66. The number of furan rings is 4. The first-order chi connectivity index (χ1) is 61.8. The molecule has 16 aromatic rings. The summed E-state index contributed by atoms with van der Waals surface area (Å²) in [4.78, 5) is 117. The average Bonchev–Trinajstić information content (AvgIpc) is 1.58. The third kappa shape index (κ3) is 17.1. The Bertz CT molecular complexity index is 7230. The lowest BCUT2D eigenvalue weighted by molar-refractivity contribution is -0.113. The lowest BCUT2D eigenvalue weighted by Crippen LogP contribution is -2.58. The molecule has 2 saturated heterocycles. The number of hydrogen-bond acceptors (Lipinski definition) is 24. The number of methoxy groups -OCH3 is 4. The zero-order valence-electron chi connectivity index (χ0n) is 69.9. The number of likely N-dealkylation sites (tertiary alicyclic amines) is 2. The Kier molecular flexibility index (Phi) is 22.8. The number of aromatic nitrogens is 4. The third-order valence-corrected chi connectivity index (χ3v) is 20.6. The van der Waals surface area contributed by atoms with Crippen LogP contribution in [-0.4, -0.2) is 151 Å². The second kappa shape index (κ2) is 35.5. The number of carbonyl (C=O) groups is 8. The molecule has 0 spiro atoms. The van der Waals surface area contributed by atoms with Gasteiger partial charge in [-0.05, 0) is 105 Å². The largest absolute Gasteiger partial charge is 0.496 e. The van der Waals surface area contributed by atoms with Crippen molar-refractivity contribution in [2.75, 3.05) is 68.1 Å². The molecule has 0 unspecified atom stereocenters. The van der Waals surface area contributed by atoms with Crippen LogP contribution in [0.5, 0.6) is 69.0 Å². The van der Waals surface area contributed by atoms with Gasteiger partial charge < -0.3 is 98.9 Å². The standard InChI is InChI=1S/C24H21N3O5.C23H17F2N3O5.C22H18FN3O5.C21H16ClN3O5/c1-30-21-12-19-16(11-17(21)23(25)28)20(6-7-26-19)32-14-4-5-15-18(13-31-22(15)10-14)24(29)27-8-2-3-9-27;1-31-19-8-17-14(7-15(19)21(26)29)18(4-5-27-17)33-12-2-3-13-16(9-32-20(13)6-12)22(30)28-10-23(24,25)11-28;1-3-25-22(28)14-10-30-19-9-20(15(23)7-11(14)19)31-17-4-5-26-16-8-18(29-2)13(21(24)27)6-12(16)17;1-24-21(27)13-9-29-18-8-19(14(22)6-10(13)18)30-16-3-4-25-15-7-17(28-2)12(20(23)26)5-11(15)16/h4-7,10-13H,2-3,8-9H2,1H3,(H2,25,28);2-9H,10-11H2,1H3,(H2,26,29);4-10H,3H2,1-2H3,(H2,24,27)(H,25,28);3-9H,1-2H3,(H2,23,26)(H,24,27)/i;;;1D3. The normalized spacial score (nSPS) is 13.1. The minimum atomic E-state index is -2.85. The van der Waals surface area contributed by atoms with Crippen molar-refractivity contribution in [1.82, 2.24) is 40.4 Å². The van der Waals surface area contributed by atoms with Crippen LogP contribution in [0.4, 0.5) is 13.2 Å². The first kappa shape index (κ1) is 80.8. The monoisotopic (exact) mass is 1740 g/mol. The summed E-state index contributed by atoms with van der Waals surface area (Å²) < 4.78 is 129. The highest BCUT2D eigenvalue weighted by molar-refractivity contribution is 6.33. The predicted molar refractivity (Wildman–Crippen MR) is 455 cm³/mol. The van der Waals surface area contributed by atoms with Crippen LogP contribution in [0.25, 0.3) is 87.5 Å². The number of halogens is 4. The maximum atomic E-state index is 14.8. The Morgan fingerprint density at radius 1 is 0.421 bits per heavy atom. The van der Waals surface area contributed by atoms with E-state index in [1.807, 2.05) is 16.3 Å². The number of alkyl halides is 2. The van der Waals surface area contributed by atoms with Crippen molar-refractivity contribution >= 4 is 146 Å². The third-order valence-electron chi connectivity index (χ3n) is 20.3. The van der Waals surface area contributed by atoms with Gasteiger partial charge in [0.1, 0.15) is 111 Å². The highest BCUT2D eigenvalue weighted by Gasteiger charge is 2.47. The Hall–Kier alpha value is -16.2. The van der Waals surface area contributed by atoms with E-state index >= 15 is 0 Å². The number of nitrogens with two attached hydrogens (primary N) is 4. The lowest BCUT2D eigenvalue weighted by atomic mass is 10.1. The van der Waals surface area contributed by atoms with Crippen molar-refractivity contribution < 1.29 is 111 Å². The van der Waals surface area contributed by atoms with E-state index in [2.05, 4.69) is 25.3 Å². The molecule has 8 aromatic carbocycles. The summed E-state index contributed by atoms with van der Waals surface area (Å²) in [7, 11) is 5.73. The van der Waals surface area contributed by atoms with Gasteiger partial charge in [0.2, 0.25) is 0 Å². The van der Waals surface area contributed by atoms with Gasteiger partial charge in [0.25, 0.3) is 53.2 Å². The van der Waals surface area contributed by atoms with Gasteiger partial charge >= 0.3 is 0 Å². The van der Waals surface area contributed by atoms with Crippen LogP contribution < -0.4 is 71.5 Å². The molecule has 640 valence electrons. The van der Waals surface area contributed by atoms with Crippen LogP contribution in [0.15, 0.2) is 201 Å². The zero-order chi connectivity index (χ0) is 91.6. The van der Waals surface area contributed by atoms with Crippen LogP contribution in [-0.2, 0) is 0 Å². The van der Waals surface area contributed by atoms with Gasteiger partial charge in [0.05, 0.1) is 113 Å². The number of hydrogen-bond donors (Lipinski definition) is 6. The number of amides is 8. The molecule has 32 nitrogen and oxygen atoms in total. The summed E-state index contributed by atoms with van der Waals surface area (Å²) in [6.07, 6.45) is 13.4. The number of fused-ring (bicyclic) bond motifs is 8. The fraction of sp³-hybridized carbons (Fsp3) is 0.156. The van der Waals surface area contributed by atoms with E-state index in [1.54, 1.807) is 104 Å². The summed E-state index contributed by atoms with van der Waals surface area (Å²) >= 11 is 6.38. The number of nitrogens with zero attached hydrogens (tertiary/aromatic N) is 6.